The summed E-state index contributed by atoms with van der Waals surface area (Å²) in [5.41, 5.74) is 3.32. The van der Waals surface area contributed by atoms with E-state index in [-0.39, 0.29) is 0 Å². The summed E-state index contributed by atoms with van der Waals surface area (Å²) in [6.07, 6.45) is 4.89. The van der Waals surface area contributed by atoms with Crippen LogP contribution in [0.5, 0.6) is 11.5 Å². The summed E-state index contributed by atoms with van der Waals surface area (Å²) in [6, 6.07) is 8.05. The molecule has 0 fully saturated rings. The van der Waals surface area contributed by atoms with Crippen molar-refractivity contribution in [3.05, 3.63) is 42.2 Å². The number of hydrogen-bond acceptors (Lipinski definition) is 4. The fourth-order valence-corrected chi connectivity index (χ4v) is 2.17. The number of rotatable bonds is 7. The molecule has 1 aromatic heterocycles. The number of aromatic nitrogens is 1. The maximum atomic E-state index is 5.35. The van der Waals surface area contributed by atoms with Crippen molar-refractivity contribution in [2.75, 3.05) is 20.8 Å². The smallest absolute Gasteiger partial charge is 0.161 e. The van der Waals surface area contributed by atoms with Crippen molar-refractivity contribution in [3.8, 4) is 22.6 Å². The molecule has 2 aromatic rings. The Bertz CT molecular complexity index is 585. The second kappa shape index (κ2) is 7.64. The van der Waals surface area contributed by atoms with Gasteiger partial charge in [-0.15, -0.1) is 0 Å². The van der Waals surface area contributed by atoms with Gasteiger partial charge in [0.05, 0.1) is 14.2 Å². The lowest BCUT2D eigenvalue weighted by Gasteiger charge is -2.10. The summed E-state index contributed by atoms with van der Waals surface area (Å²) in [5, 5.41) is 3.39. The van der Waals surface area contributed by atoms with Crippen LogP contribution < -0.4 is 14.8 Å². The zero-order valence-electron chi connectivity index (χ0n) is 12.8. The minimum Gasteiger partial charge on any atom is -0.493 e. The van der Waals surface area contributed by atoms with Crippen LogP contribution in [0.15, 0.2) is 36.7 Å². The van der Waals surface area contributed by atoms with E-state index >= 15 is 0 Å². The number of ether oxygens (including phenoxy) is 2. The summed E-state index contributed by atoms with van der Waals surface area (Å²) in [4.78, 5) is 4.33. The molecule has 0 bridgehead atoms. The average Bonchev–Trinajstić information content (AvgIpc) is 2.54. The molecule has 0 saturated heterocycles. The molecular formula is C17H22N2O2. The number of benzene rings is 1. The van der Waals surface area contributed by atoms with Gasteiger partial charge in [0.25, 0.3) is 0 Å². The first-order valence-electron chi connectivity index (χ1n) is 7.15. The SMILES string of the molecule is CCCNCc1cncc(-c2ccc(OC)c(OC)c2)c1. The molecule has 0 saturated carbocycles. The second-order valence-corrected chi connectivity index (χ2v) is 4.83. The van der Waals surface area contributed by atoms with Gasteiger partial charge in [-0.05, 0) is 42.3 Å². The predicted molar refractivity (Wildman–Crippen MR) is 84.8 cm³/mol. The Hall–Kier alpha value is -2.07. The van der Waals surface area contributed by atoms with Gasteiger partial charge in [0.1, 0.15) is 0 Å². The predicted octanol–water partition coefficient (Wildman–Crippen LogP) is 3.27. The van der Waals surface area contributed by atoms with Crippen molar-refractivity contribution in [2.45, 2.75) is 19.9 Å². The van der Waals surface area contributed by atoms with Gasteiger partial charge < -0.3 is 14.8 Å². The van der Waals surface area contributed by atoms with Crippen LogP contribution in [0.1, 0.15) is 18.9 Å². The molecule has 0 radical (unpaired) electrons. The third-order valence-corrected chi connectivity index (χ3v) is 3.27. The highest BCUT2D eigenvalue weighted by Crippen LogP contribution is 2.32. The average molecular weight is 286 g/mol. The van der Waals surface area contributed by atoms with Gasteiger partial charge in [-0.1, -0.05) is 13.0 Å². The monoisotopic (exact) mass is 286 g/mol. The number of nitrogens with zero attached hydrogens (tertiary/aromatic N) is 1. The van der Waals surface area contributed by atoms with Gasteiger partial charge in [0, 0.05) is 24.5 Å². The third kappa shape index (κ3) is 3.95. The highest BCUT2D eigenvalue weighted by molar-refractivity contribution is 5.67. The molecule has 4 nitrogen and oxygen atoms in total. The Morgan fingerprint density at radius 3 is 2.52 bits per heavy atom. The molecule has 1 heterocycles. The van der Waals surface area contributed by atoms with E-state index in [1.807, 2.05) is 30.6 Å². The topological polar surface area (TPSA) is 43.4 Å². The van der Waals surface area contributed by atoms with E-state index in [2.05, 4.69) is 23.3 Å². The molecular weight excluding hydrogens is 264 g/mol. The van der Waals surface area contributed by atoms with Crippen LogP contribution in [0.25, 0.3) is 11.1 Å². The van der Waals surface area contributed by atoms with E-state index < -0.39 is 0 Å². The van der Waals surface area contributed by atoms with Crippen molar-refractivity contribution in [1.82, 2.24) is 10.3 Å². The maximum Gasteiger partial charge on any atom is 0.161 e. The molecule has 0 spiro atoms. The standard InChI is InChI=1S/C17H22N2O2/c1-4-7-18-10-13-8-15(12-19-11-13)14-5-6-16(20-2)17(9-14)21-3/h5-6,8-9,11-12,18H,4,7,10H2,1-3H3. The molecule has 1 aromatic carbocycles. The molecule has 112 valence electrons. The Morgan fingerprint density at radius 2 is 1.81 bits per heavy atom. The molecule has 0 aliphatic rings. The zero-order chi connectivity index (χ0) is 15.1. The first-order chi connectivity index (χ1) is 10.3. The molecule has 0 amide bonds. The van der Waals surface area contributed by atoms with Crippen LogP contribution in [0, 0.1) is 0 Å². The largest absolute Gasteiger partial charge is 0.493 e. The van der Waals surface area contributed by atoms with Crippen LogP contribution >= 0.6 is 0 Å². The number of pyridine rings is 1. The highest BCUT2D eigenvalue weighted by atomic mass is 16.5. The van der Waals surface area contributed by atoms with E-state index in [4.69, 9.17) is 9.47 Å². The van der Waals surface area contributed by atoms with Gasteiger partial charge >= 0.3 is 0 Å². The van der Waals surface area contributed by atoms with Crippen LogP contribution in [-0.4, -0.2) is 25.7 Å². The lowest BCUT2D eigenvalue weighted by atomic mass is 10.1. The lowest BCUT2D eigenvalue weighted by Crippen LogP contribution is -2.13. The molecule has 4 heteroatoms. The second-order valence-electron chi connectivity index (χ2n) is 4.83. The first kappa shape index (κ1) is 15.3. The van der Waals surface area contributed by atoms with Crippen LogP contribution in [0.4, 0.5) is 0 Å². The van der Waals surface area contributed by atoms with Crippen molar-refractivity contribution >= 4 is 0 Å². The Kier molecular flexibility index (Phi) is 5.58. The molecule has 21 heavy (non-hydrogen) atoms. The molecule has 0 unspecified atom stereocenters. The van der Waals surface area contributed by atoms with Gasteiger partial charge in [0.2, 0.25) is 0 Å². The Balaban J connectivity index is 2.23. The lowest BCUT2D eigenvalue weighted by molar-refractivity contribution is 0.355. The maximum absolute atomic E-state index is 5.35. The minimum absolute atomic E-state index is 0.726. The van der Waals surface area contributed by atoms with Gasteiger partial charge in [0.15, 0.2) is 11.5 Å². The molecule has 0 aliphatic carbocycles. The van der Waals surface area contributed by atoms with Gasteiger partial charge in [-0.3, -0.25) is 4.98 Å². The summed E-state index contributed by atoms with van der Waals surface area (Å²) in [5.74, 6) is 1.46. The summed E-state index contributed by atoms with van der Waals surface area (Å²) in [7, 11) is 3.28. The molecule has 1 N–H and O–H groups in total. The van der Waals surface area contributed by atoms with Gasteiger partial charge in [-0.2, -0.15) is 0 Å². The van der Waals surface area contributed by atoms with E-state index in [1.54, 1.807) is 14.2 Å². The van der Waals surface area contributed by atoms with Crippen LogP contribution in [0.2, 0.25) is 0 Å². The quantitative estimate of drug-likeness (QED) is 0.793. The Labute approximate surface area is 126 Å². The van der Waals surface area contributed by atoms with Crippen LogP contribution in [0.3, 0.4) is 0 Å². The van der Waals surface area contributed by atoms with E-state index in [1.165, 1.54) is 5.56 Å². The first-order valence-corrected chi connectivity index (χ1v) is 7.15. The molecule has 0 aliphatic heterocycles. The van der Waals surface area contributed by atoms with E-state index in [0.29, 0.717) is 0 Å². The summed E-state index contributed by atoms with van der Waals surface area (Å²) in [6.45, 7) is 4.01. The highest BCUT2D eigenvalue weighted by Gasteiger charge is 2.07. The zero-order valence-corrected chi connectivity index (χ0v) is 12.8. The molecule has 0 atom stereocenters. The van der Waals surface area contributed by atoms with Gasteiger partial charge in [-0.25, -0.2) is 0 Å². The Morgan fingerprint density at radius 1 is 1.00 bits per heavy atom. The van der Waals surface area contributed by atoms with Crippen molar-refractivity contribution in [1.29, 1.82) is 0 Å². The van der Waals surface area contributed by atoms with E-state index in [9.17, 15) is 0 Å². The van der Waals surface area contributed by atoms with Crippen molar-refractivity contribution < 1.29 is 9.47 Å². The minimum atomic E-state index is 0.726. The third-order valence-electron chi connectivity index (χ3n) is 3.27. The molecule has 2 rings (SSSR count). The summed E-state index contributed by atoms with van der Waals surface area (Å²) >= 11 is 0. The number of hydrogen-bond donors (Lipinski definition) is 1. The normalized spacial score (nSPS) is 10.4. The van der Waals surface area contributed by atoms with Crippen molar-refractivity contribution in [2.24, 2.45) is 0 Å². The summed E-state index contributed by atoms with van der Waals surface area (Å²) < 4.78 is 10.6. The fraction of sp³-hybridized carbons (Fsp3) is 0.353. The number of methoxy groups -OCH3 is 2. The fourth-order valence-electron chi connectivity index (χ4n) is 2.17. The van der Waals surface area contributed by atoms with Crippen molar-refractivity contribution in [3.63, 3.8) is 0 Å². The number of nitrogens with one attached hydrogen (secondary N) is 1. The van der Waals surface area contributed by atoms with E-state index in [0.717, 1.165) is 42.1 Å². The van der Waals surface area contributed by atoms with Crippen LogP contribution in [-0.2, 0) is 6.54 Å².